The Kier molecular flexibility index (Phi) is 31.1. The molecule has 0 radical (unpaired) electrons. The van der Waals surface area contributed by atoms with Crippen LogP contribution >= 0.6 is 0 Å². The van der Waals surface area contributed by atoms with Crippen LogP contribution in [-0.2, 0) is 124 Å². The van der Waals surface area contributed by atoms with Crippen LogP contribution in [0.4, 0.5) is 0 Å². The molecule has 0 amide bonds. The van der Waals surface area contributed by atoms with E-state index in [4.69, 9.17) is 8.23 Å². The van der Waals surface area contributed by atoms with Crippen molar-refractivity contribution in [3.8, 4) is 0 Å². The summed E-state index contributed by atoms with van der Waals surface area (Å²) in [6, 6.07) is 0. The van der Waals surface area contributed by atoms with Gasteiger partial charge < -0.3 is 129 Å². The van der Waals surface area contributed by atoms with Crippen molar-refractivity contribution in [1.29, 1.82) is 0 Å². The predicted molar refractivity (Wildman–Crippen MR) is 256 cm³/mol. The molecule has 0 saturated carbocycles. The molecule has 0 heterocycles. The summed E-state index contributed by atoms with van der Waals surface area (Å²) >= 11 is 0. The van der Waals surface area contributed by atoms with Gasteiger partial charge in [0, 0.05) is 0 Å². The maximum absolute atomic E-state index is 12.9. The molecule has 0 aromatic heterocycles. The molecule has 0 bridgehead atoms. The minimum atomic E-state index is -4.59. The molecule has 1 N–H and O–H groups in total. The van der Waals surface area contributed by atoms with E-state index in [1.807, 2.05) is 0 Å². The Hall–Kier alpha value is 1.62. The fraction of sp³-hybridized carbons (Fsp3) is 1.00. The number of rotatable bonds is 33. The second kappa shape index (κ2) is 30.4. The van der Waals surface area contributed by atoms with E-state index in [2.05, 4.69) is 0 Å². The second-order valence-corrected chi connectivity index (χ2v) is 175. The van der Waals surface area contributed by atoms with E-state index < -0.39 is 252 Å². The van der Waals surface area contributed by atoms with Crippen molar-refractivity contribution in [3.63, 3.8) is 0 Å². The van der Waals surface area contributed by atoms with Gasteiger partial charge in [-0.1, -0.05) is 13.1 Å². The molecule has 1 atom stereocenters. The standard InChI is InChI=1S/C7H28O29Si32/c1-39(2)35-37-41(8)44(11)47(14)46(13)43(10)40(3)36-38-42(9)45(12)48(15)49(16)50(17)51(18)52(19)53(20)54(21)55(22)56(23)57(24)58(25)59(26)60(27)61(28)62(29)63(30)64(31)65(32)66(33)68(6,7)67(4,5)34/h34,39-40H,37-38H2,1-7H3. The molecule has 0 aliphatic carbocycles. The van der Waals surface area contributed by atoms with Crippen LogP contribution in [0.1, 0.15) is 0 Å². The molecule has 0 aromatic rings. The average Bonchev–Trinajstić information content (AvgIpc) is 3.30. The quantitative estimate of drug-likeness (QED) is 0.0596. The zero-order valence-electron chi connectivity index (χ0n) is 35.4. The van der Waals surface area contributed by atoms with Gasteiger partial charge in [0.05, 0.1) is 0 Å². The lowest BCUT2D eigenvalue weighted by molar-refractivity contribution is 0.532. The first-order chi connectivity index (χ1) is 30.7. The highest BCUT2D eigenvalue weighted by molar-refractivity contribution is 7.84. The zero-order chi connectivity index (χ0) is 54.0. The van der Waals surface area contributed by atoms with E-state index >= 15 is 0 Å². The van der Waals surface area contributed by atoms with Crippen molar-refractivity contribution in [2.45, 2.75) is 45.8 Å². The molecule has 0 aliphatic rings. The smallest absolute Gasteiger partial charge is 0.381 e. The zero-order valence-corrected chi connectivity index (χ0v) is 68.6. The van der Waals surface area contributed by atoms with E-state index in [0.29, 0.717) is 0 Å². The molecule has 29 nitrogen and oxygen atoms in total. The summed E-state index contributed by atoms with van der Waals surface area (Å²) in [6.07, 6.45) is 0. The summed E-state index contributed by atoms with van der Waals surface area (Å²) < 4.78 is 341. The van der Waals surface area contributed by atoms with Gasteiger partial charge >= 0.3 is 201 Å². The average molecular weight is 1480 g/mol. The fourth-order valence-electron chi connectivity index (χ4n) is 3.72. The molecule has 358 valence electrons. The lowest BCUT2D eigenvalue weighted by Gasteiger charge is -2.29. The van der Waals surface area contributed by atoms with Gasteiger partial charge in [-0.25, -0.2) is 0 Å². The third-order valence-corrected chi connectivity index (χ3v) is 260. The molecule has 0 rings (SSSR count). The normalized spacial score (nSPS) is 11.7. The molecule has 0 aromatic carbocycles. The molecule has 0 aliphatic heterocycles. The summed E-state index contributed by atoms with van der Waals surface area (Å²) in [4.78, 5) is 10.4. The first-order valence-electron chi connectivity index (χ1n) is 17.8. The van der Waals surface area contributed by atoms with Gasteiger partial charge in [0.15, 0.2) is 16.9 Å². The summed E-state index contributed by atoms with van der Waals surface area (Å²) in [6.45, 7) is 10.1. The van der Waals surface area contributed by atoms with Gasteiger partial charge in [-0.15, -0.1) is 0 Å². The van der Waals surface area contributed by atoms with E-state index in [9.17, 15) is 121 Å². The fourth-order valence-corrected chi connectivity index (χ4v) is 359. The van der Waals surface area contributed by atoms with Crippen molar-refractivity contribution in [2.75, 3.05) is 0 Å². The van der Waals surface area contributed by atoms with Crippen molar-refractivity contribution in [1.82, 2.24) is 0 Å². The van der Waals surface area contributed by atoms with Crippen LogP contribution in [0.5, 0.6) is 0 Å². The van der Waals surface area contributed by atoms with E-state index in [0.717, 1.165) is 6.55 Å². The highest BCUT2D eigenvalue weighted by Gasteiger charge is 2.59. The highest BCUT2D eigenvalue weighted by Crippen LogP contribution is 2.16. The van der Waals surface area contributed by atoms with Crippen molar-refractivity contribution in [2.24, 2.45) is 0 Å². The molecule has 0 saturated heterocycles. The van der Waals surface area contributed by atoms with Gasteiger partial charge in [0.25, 0.3) is 0 Å². The van der Waals surface area contributed by atoms with Crippen LogP contribution in [0.15, 0.2) is 0 Å². The van der Waals surface area contributed by atoms with Gasteiger partial charge in [-0.05, 0) is 32.7 Å². The summed E-state index contributed by atoms with van der Waals surface area (Å²) in [5.41, 5.74) is 0. The third kappa shape index (κ3) is 18.7. The van der Waals surface area contributed by atoms with Gasteiger partial charge in [-0.3, -0.25) is 0 Å². The van der Waals surface area contributed by atoms with Gasteiger partial charge in [0.2, 0.25) is 27.1 Å². The van der Waals surface area contributed by atoms with Crippen LogP contribution in [-0.4, -0.2) is 257 Å². The second-order valence-electron chi connectivity index (χ2n) is 14.3. The highest BCUT2D eigenvalue weighted by atomic mass is 30.1. The summed E-state index contributed by atoms with van der Waals surface area (Å²) in [5.74, 6) is 0. The Morgan fingerprint density at radius 1 is 0.324 bits per heavy atom. The molecule has 1 unspecified atom stereocenters. The third-order valence-electron chi connectivity index (χ3n) is 8.54. The largest absolute Gasteiger partial charge is 0.460 e. The van der Waals surface area contributed by atoms with Crippen LogP contribution in [0.25, 0.3) is 0 Å². The maximum atomic E-state index is 12.9. The first kappa shape index (κ1) is 69.6. The SMILES string of the molecule is C[SiH](C)O[SiH2][Si](=O)[Si](=O)[Si](=O)[Si](=O)[Si](=O)[SiH](C)O[SiH2][Si](=O)[Si](=O)[Si](=O)[Si](=O)[Si](=O)[Si](=O)[Si](=O)[Si](=O)[Si](=O)[Si](=O)[Si](=O)[Si](=O)[Si](=O)[Si](=O)[Si](=O)[Si](=O)[Si](=O)[Si](=O)[Si](=O)[Si](=O)[Si](=O)[Si](C)(C)[Si](C)(C)O. The Morgan fingerprint density at radius 2 is 0.529 bits per heavy atom. The topological polar surface area (TPSA) is 483 Å². The van der Waals surface area contributed by atoms with E-state index in [1.165, 1.54) is 26.2 Å². The lowest BCUT2D eigenvalue weighted by atomic mass is 11.9. The maximum Gasteiger partial charge on any atom is 0.381 e. The number of hydrogen-bond donors (Lipinski definition) is 1. The van der Waals surface area contributed by atoms with Crippen molar-refractivity contribution in [3.05, 3.63) is 0 Å². The van der Waals surface area contributed by atoms with E-state index in [1.54, 1.807) is 13.1 Å². The van der Waals surface area contributed by atoms with Crippen LogP contribution in [0.2, 0.25) is 45.8 Å². The first-order valence-corrected chi connectivity index (χ1v) is 98.4. The minimum absolute atomic E-state index is 1.14. The van der Waals surface area contributed by atoms with Crippen molar-refractivity contribution < 1.29 is 129 Å². The Bertz CT molecular complexity index is 2640. The molecular weight excluding hydrogens is 1450 g/mol. The number of hydrogen-bond acceptors (Lipinski definition) is 29. The van der Waals surface area contributed by atoms with Crippen LogP contribution in [0.3, 0.4) is 0 Å². The molecular formula is C7H28O29Si32. The molecule has 0 spiro atoms. The van der Waals surface area contributed by atoms with Crippen LogP contribution < -0.4 is 0 Å². The monoisotopic (exact) mass is 1470 g/mol. The molecule has 68 heavy (non-hydrogen) atoms. The lowest BCUT2D eigenvalue weighted by Crippen LogP contribution is -2.67. The van der Waals surface area contributed by atoms with E-state index in [-0.39, 0.29) is 0 Å². The summed E-state index contributed by atoms with van der Waals surface area (Å²) in [5, 5.41) is 0. The van der Waals surface area contributed by atoms with Gasteiger partial charge in [-0.2, -0.15) is 0 Å². The van der Waals surface area contributed by atoms with Gasteiger partial charge in [0.1, 0.15) is 7.11 Å². The van der Waals surface area contributed by atoms with Crippen LogP contribution in [0, 0.1) is 0 Å². The molecule has 61 heteroatoms. The Morgan fingerprint density at radius 3 is 0.765 bits per heavy atom. The molecule has 0 fully saturated rings. The summed E-state index contributed by atoms with van der Waals surface area (Å²) in [7, 11) is -123. The minimum Gasteiger partial charge on any atom is -0.460 e. The predicted octanol–water partition coefficient (Wildman–Crippen LogP) is -13.5. The van der Waals surface area contributed by atoms with Crippen molar-refractivity contribution >= 4 is 252 Å². The Labute approximate surface area is 422 Å². The Balaban J connectivity index is 5.72.